The first-order valence-corrected chi connectivity index (χ1v) is 7.88. The number of benzene rings is 1. The molecule has 1 aliphatic heterocycles. The van der Waals surface area contributed by atoms with Crippen molar-refractivity contribution in [2.24, 2.45) is 5.92 Å². The van der Waals surface area contributed by atoms with Crippen molar-refractivity contribution in [1.29, 1.82) is 0 Å². The van der Waals surface area contributed by atoms with E-state index >= 15 is 0 Å². The van der Waals surface area contributed by atoms with E-state index in [0.717, 1.165) is 13.1 Å². The molecule has 1 amide bonds. The minimum absolute atomic E-state index is 0.0136. The van der Waals surface area contributed by atoms with Crippen LogP contribution < -0.4 is 15.0 Å². The molecule has 1 saturated heterocycles. The van der Waals surface area contributed by atoms with Crippen LogP contribution in [0, 0.1) is 5.92 Å². The van der Waals surface area contributed by atoms with Gasteiger partial charge in [0.05, 0.1) is 25.9 Å². The second kappa shape index (κ2) is 7.14. The number of likely N-dealkylation sites (tertiary alicyclic amines) is 1. The maximum absolute atomic E-state index is 12.5. The van der Waals surface area contributed by atoms with E-state index in [1.165, 1.54) is 17.7 Å². The fourth-order valence-corrected chi connectivity index (χ4v) is 3.10. The molecule has 0 radical (unpaired) electrons. The Balaban J connectivity index is 2.05. The van der Waals surface area contributed by atoms with Crippen LogP contribution in [0.2, 0.25) is 5.02 Å². The molecule has 0 saturated carbocycles. The van der Waals surface area contributed by atoms with Gasteiger partial charge in [-0.05, 0) is 38.0 Å². The number of halogens is 1. The van der Waals surface area contributed by atoms with E-state index in [0.29, 0.717) is 22.4 Å². The zero-order valence-electron chi connectivity index (χ0n) is 12.9. The number of methoxy groups -OCH3 is 1. The van der Waals surface area contributed by atoms with Crippen LogP contribution in [0.3, 0.4) is 0 Å². The number of rotatable bonds is 4. The van der Waals surface area contributed by atoms with Crippen molar-refractivity contribution in [3.63, 3.8) is 0 Å². The Morgan fingerprint density at radius 1 is 1.52 bits per heavy atom. The standard InChI is InChI=1S/C16H23ClN2O2/c1-11-5-4-8-19(10-11)12(2)16(20)18-14-9-13(17)6-7-15(14)21-3/h6-7,9,11-12H,4-5,8,10H2,1-3H3,(H,18,20)/p+1/t11-,12-/m0/s1. The lowest BCUT2D eigenvalue weighted by molar-refractivity contribution is -0.922. The van der Waals surface area contributed by atoms with Crippen molar-refractivity contribution in [2.45, 2.75) is 32.7 Å². The van der Waals surface area contributed by atoms with Crippen molar-refractivity contribution in [1.82, 2.24) is 0 Å². The smallest absolute Gasteiger partial charge is 0.282 e. The minimum atomic E-state index is -0.0727. The molecule has 1 fully saturated rings. The summed E-state index contributed by atoms with van der Waals surface area (Å²) in [5, 5.41) is 3.53. The highest BCUT2D eigenvalue weighted by molar-refractivity contribution is 6.31. The van der Waals surface area contributed by atoms with Crippen molar-refractivity contribution in [3.05, 3.63) is 23.2 Å². The monoisotopic (exact) mass is 311 g/mol. The summed E-state index contributed by atoms with van der Waals surface area (Å²) in [7, 11) is 1.58. The molecule has 2 rings (SSSR count). The van der Waals surface area contributed by atoms with E-state index in [1.54, 1.807) is 25.3 Å². The Labute approximate surface area is 131 Å². The van der Waals surface area contributed by atoms with Crippen LogP contribution in [0.25, 0.3) is 0 Å². The Hall–Kier alpha value is -1.26. The summed E-state index contributed by atoms with van der Waals surface area (Å²) < 4.78 is 5.26. The van der Waals surface area contributed by atoms with Gasteiger partial charge in [0, 0.05) is 10.9 Å². The van der Waals surface area contributed by atoms with Crippen molar-refractivity contribution in [2.75, 3.05) is 25.5 Å². The average Bonchev–Trinajstić information content (AvgIpc) is 2.46. The Morgan fingerprint density at radius 3 is 2.95 bits per heavy atom. The first-order chi connectivity index (χ1) is 10.0. The Morgan fingerprint density at radius 2 is 2.29 bits per heavy atom. The number of anilines is 1. The molecule has 3 atom stereocenters. The number of hydrogen-bond acceptors (Lipinski definition) is 2. The van der Waals surface area contributed by atoms with Crippen LogP contribution in [-0.4, -0.2) is 32.1 Å². The van der Waals surface area contributed by atoms with Crippen LogP contribution >= 0.6 is 11.6 Å². The first kappa shape index (κ1) is 16.1. The molecule has 116 valence electrons. The summed E-state index contributed by atoms with van der Waals surface area (Å²) in [5.74, 6) is 1.33. The maximum atomic E-state index is 12.5. The number of piperidine rings is 1. The van der Waals surface area contributed by atoms with Crippen molar-refractivity contribution in [3.8, 4) is 5.75 Å². The van der Waals surface area contributed by atoms with E-state index < -0.39 is 0 Å². The molecule has 1 aliphatic rings. The van der Waals surface area contributed by atoms with Gasteiger partial charge in [0.25, 0.3) is 5.91 Å². The van der Waals surface area contributed by atoms with E-state index in [2.05, 4.69) is 12.2 Å². The number of quaternary nitrogens is 1. The predicted octanol–water partition coefficient (Wildman–Crippen LogP) is 1.99. The molecule has 1 unspecified atom stereocenters. The lowest BCUT2D eigenvalue weighted by Crippen LogP contribution is -3.17. The van der Waals surface area contributed by atoms with Crippen molar-refractivity contribution >= 4 is 23.2 Å². The van der Waals surface area contributed by atoms with Gasteiger partial charge in [-0.2, -0.15) is 0 Å². The number of nitrogens with one attached hydrogen (secondary N) is 2. The topological polar surface area (TPSA) is 42.8 Å². The van der Waals surface area contributed by atoms with Crippen LogP contribution in [0.5, 0.6) is 5.75 Å². The van der Waals surface area contributed by atoms with Gasteiger partial charge in [0.15, 0.2) is 6.04 Å². The molecule has 0 aromatic heterocycles. The zero-order chi connectivity index (χ0) is 15.4. The second-order valence-corrected chi connectivity index (χ2v) is 6.35. The highest BCUT2D eigenvalue weighted by Gasteiger charge is 2.29. The molecule has 0 bridgehead atoms. The molecule has 0 spiro atoms. The summed E-state index contributed by atoms with van der Waals surface area (Å²) in [4.78, 5) is 13.8. The fourth-order valence-electron chi connectivity index (χ4n) is 2.93. The van der Waals surface area contributed by atoms with Gasteiger partial charge < -0.3 is 15.0 Å². The Bertz CT molecular complexity index is 507. The molecule has 2 N–H and O–H groups in total. The van der Waals surface area contributed by atoms with Gasteiger partial charge in [-0.25, -0.2) is 0 Å². The van der Waals surface area contributed by atoms with Crippen LogP contribution in [0.15, 0.2) is 18.2 Å². The number of carbonyl (C=O) groups excluding carboxylic acids is 1. The fraction of sp³-hybridized carbons (Fsp3) is 0.562. The molecule has 21 heavy (non-hydrogen) atoms. The Kier molecular flexibility index (Phi) is 5.48. The molecular formula is C16H24ClN2O2+. The number of carbonyl (C=O) groups is 1. The normalized spacial score (nSPS) is 23.4. The number of hydrogen-bond donors (Lipinski definition) is 2. The van der Waals surface area contributed by atoms with E-state index in [9.17, 15) is 4.79 Å². The molecule has 0 aliphatic carbocycles. The number of ether oxygens (including phenoxy) is 1. The van der Waals surface area contributed by atoms with Crippen LogP contribution in [0.4, 0.5) is 5.69 Å². The third-order valence-corrected chi connectivity index (χ3v) is 4.47. The van der Waals surface area contributed by atoms with Gasteiger partial charge in [0.1, 0.15) is 5.75 Å². The maximum Gasteiger partial charge on any atom is 0.282 e. The van der Waals surface area contributed by atoms with Gasteiger partial charge in [0.2, 0.25) is 0 Å². The lowest BCUT2D eigenvalue weighted by Gasteiger charge is -2.31. The van der Waals surface area contributed by atoms with Gasteiger partial charge >= 0.3 is 0 Å². The van der Waals surface area contributed by atoms with Gasteiger partial charge in [-0.3, -0.25) is 4.79 Å². The summed E-state index contributed by atoms with van der Waals surface area (Å²) >= 11 is 5.99. The molecule has 4 nitrogen and oxygen atoms in total. The molecular weight excluding hydrogens is 288 g/mol. The highest BCUT2D eigenvalue weighted by atomic mass is 35.5. The average molecular weight is 312 g/mol. The van der Waals surface area contributed by atoms with Gasteiger partial charge in [-0.15, -0.1) is 0 Å². The first-order valence-electron chi connectivity index (χ1n) is 7.50. The van der Waals surface area contributed by atoms with Crippen LogP contribution in [0.1, 0.15) is 26.7 Å². The third kappa shape index (κ3) is 4.11. The number of amides is 1. The summed E-state index contributed by atoms with van der Waals surface area (Å²) in [6.07, 6.45) is 2.45. The summed E-state index contributed by atoms with van der Waals surface area (Å²) in [6.45, 7) is 6.36. The quantitative estimate of drug-likeness (QED) is 0.893. The molecule has 5 heteroatoms. The van der Waals surface area contributed by atoms with E-state index in [4.69, 9.17) is 16.3 Å². The second-order valence-electron chi connectivity index (χ2n) is 5.92. The summed E-state index contributed by atoms with van der Waals surface area (Å²) in [6, 6.07) is 5.16. The SMILES string of the molecule is COc1ccc(Cl)cc1NC(=O)[C@H](C)[NH+]1CCC[C@H](C)C1. The predicted molar refractivity (Wildman–Crippen MR) is 85.2 cm³/mol. The minimum Gasteiger partial charge on any atom is -0.495 e. The van der Waals surface area contributed by atoms with Gasteiger partial charge in [-0.1, -0.05) is 18.5 Å². The third-order valence-electron chi connectivity index (χ3n) is 4.23. The molecule has 1 aromatic rings. The van der Waals surface area contributed by atoms with E-state index in [1.807, 2.05) is 6.92 Å². The highest BCUT2D eigenvalue weighted by Crippen LogP contribution is 2.27. The van der Waals surface area contributed by atoms with Crippen molar-refractivity contribution < 1.29 is 14.4 Å². The molecule has 1 heterocycles. The molecule has 1 aromatic carbocycles. The summed E-state index contributed by atoms with van der Waals surface area (Å²) in [5.41, 5.74) is 0.631. The lowest BCUT2D eigenvalue weighted by atomic mass is 9.99. The zero-order valence-corrected chi connectivity index (χ0v) is 13.7. The van der Waals surface area contributed by atoms with Crippen LogP contribution in [-0.2, 0) is 4.79 Å². The largest absolute Gasteiger partial charge is 0.495 e. The van der Waals surface area contributed by atoms with E-state index in [-0.39, 0.29) is 11.9 Å².